The van der Waals surface area contributed by atoms with Gasteiger partial charge in [0.25, 0.3) is 0 Å². The van der Waals surface area contributed by atoms with Crippen molar-refractivity contribution in [3.8, 4) is 0 Å². The number of benzene rings is 1. The van der Waals surface area contributed by atoms with E-state index in [2.05, 4.69) is 5.32 Å². The smallest absolute Gasteiger partial charge is 0.337 e. The Balaban J connectivity index is 2.05. The largest absolute Gasteiger partial charge is 0.478 e. The molecule has 1 fully saturated rings. The highest BCUT2D eigenvalue weighted by molar-refractivity contribution is 6.33. The van der Waals surface area contributed by atoms with Gasteiger partial charge in [-0.25, -0.2) is 4.79 Å². The van der Waals surface area contributed by atoms with Crippen LogP contribution in [-0.4, -0.2) is 23.0 Å². The topological polar surface area (TPSA) is 92.4 Å². The van der Waals surface area contributed by atoms with E-state index in [9.17, 15) is 9.59 Å². The summed E-state index contributed by atoms with van der Waals surface area (Å²) in [4.78, 5) is 22.8. The monoisotopic (exact) mass is 282 g/mol. The lowest BCUT2D eigenvalue weighted by atomic mass is 10.1. The Morgan fingerprint density at radius 3 is 2.63 bits per heavy atom. The molecular weight excluding hydrogens is 268 g/mol. The molecule has 1 aliphatic rings. The molecule has 19 heavy (non-hydrogen) atoms. The van der Waals surface area contributed by atoms with E-state index in [-0.39, 0.29) is 28.5 Å². The van der Waals surface area contributed by atoms with Gasteiger partial charge in [-0.15, -0.1) is 0 Å². The third kappa shape index (κ3) is 3.24. The molecule has 0 spiro atoms. The van der Waals surface area contributed by atoms with Crippen molar-refractivity contribution in [2.24, 2.45) is 11.7 Å². The van der Waals surface area contributed by atoms with Crippen molar-refractivity contribution in [2.45, 2.75) is 25.3 Å². The van der Waals surface area contributed by atoms with Gasteiger partial charge < -0.3 is 16.2 Å². The average Bonchev–Trinajstić information content (AvgIpc) is 2.75. The first kappa shape index (κ1) is 13.8. The van der Waals surface area contributed by atoms with E-state index in [1.807, 2.05) is 0 Å². The lowest BCUT2D eigenvalue weighted by molar-refractivity contribution is -0.119. The number of nitrogens with two attached hydrogens (primary N) is 1. The van der Waals surface area contributed by atoms with Crippen LogP contribution in [-0.2, 0) is 4.79 Å². The molecule has 2 atom stereocenters. The predicted octanol–water partition coefficient (Wildman–Crippen LogP) is 2.10. The van der Waals surface area contributed by atoms with Gasteiger partial charge in [0.2, 0.25) is 5.91 Å². The number of carbonyl (C=O) groups excluding carboxylic acids is 1. The molecule has 0 aliphatic heterocycles. The number of nitrogens with one attached hydrogen (secondary N) is 1. The Morgan fingerprint density at radius 1 is 1.37 bits per heavy atom. The van der Waals surface area contributed by atoms with Crippen molar-refractivity contribution in [2.75, 3.05) is 5.32 Å². The van der Waals surface area contributed by atoms with Crippen LogP contribution in [0.4, 0.5) is 5.69 Å². The molecule has 0 radical (unpaired) electrons. The fourth-order valence-corrected chi connectivity index (χ4v) is 2.53. The summed E-state index contributed by atoms with van der Waals surface area (Å²) in [6.45, 7) is 0. The maximum Gasteiger partial charge on any atom is 0.337 e. The van der Waals surface area contributed by atoms with E-state index in [0.29, 0.717) is 12.1 Å². The molecule has 0 saturated heterocycles. The normalized spacial score (nSPS) is 22.2. The highest BCUT2D eigenvalue weighted by Crippen LogP contribution is 2.26. The van der Waals surface area contributed by atoms with Crippen LogP contribution in [0.3, 0.4) is 0 Å². The number of hydrogen-bond acceptors (Lipinski definition) is 3. The number of anilines is 1. The molecule has 4 N–H and O–H groups in total. The number of carbonyl (C=O) groups is 2. The zero-order chi connectivity index (χ0) is 14.0. The summed E-state index contributed by atoms with van der Waals surface area (Å²) in [5, 5.41) is 11.7. The molecule has 1 amide bonds. The van der Waals surface area contributed by atoms with Gasteiger partial charge in [0, 0.05) is 17.6 Å². The van der Waals surface area contributed by atoms with Crippen molar-refractivity contribution >= 4 is 29.2 Å². The minimum Gasteiger partial charge on any atom is -0.478 e. The van der Waals surface area contributed by atoms with Gasteiger partial charge in [-0.05, 0) is 37.5 Å². The molecule has 0 bridgehead atoms. The molecule has 2 rings (SSSR count). The van der Waals surface area contributed by atoms with Gasteiger partial charge in [-0.2, -0.15) is 0 Å². The Hall–Kier alpha value is -1.59. The summed E-state index contributed by atoms with van der Waals surface area (Å²) in [5.74, 6) is -1.26. The molecule has 1 saturated carbocycles. The Labute approximate surface area is 115 Å². The van der Waals surface area contributed by atoms with Crippen LogP contribution in [0.2, 0.25) is 5.02 Å². The maximum absolute atomic E-state index is 12.0. The number of carboxylic acids is 1. The Kier molecular flexibility index (Phi) is 4.07. The van der Waals surface area contributed by atoms with E-state index >= 15 is 0 Å². The summed E-state index contributed by atoms with van der Waals surface area (Å²) in [6, 6.07) is 4.44. The minimum absolute atomic E-state index is 0.0163. The van der Waals surface area contributed by atoms with Gasteiger partial charge in [0.05, 0.1) is 10.6 Å². The second-order valence-corrected chi connectivity index (χ2v) is 5.17. The van der Waals surface area contributed by atoms with E-state index in [0.717, 1.165) is 12.8 Å². The fourth-order valence-electron chi connectivity index (χ4n) is 2.27. The number of hydrogen-bond donors (Lipinski definition) is 3. The molecule has 0 heterocycles. The van der Waals surface area contributed by atoms with Crippen LogP contribution in [0.1, 0.15) is 29.6 Å². The van der Waals surface area contributed by atoms with Crippen LogP contribution in [0.15, 0.2) is 18.2 Å². The van der Waals surface area contributed by atoms with Crippen molar-refractivity contribution in [1.82, 2.24) is 0 Å². The van der Waals surface area contributed by atoms with E-state index < -0.39 is 5.97 Å². The quantitative estimate of drug-likeness (QED) is 0.791. The predicted molar refractivity (Wildman–Crippen MR) is 72.4 cm³/mol. The summed E-state index contributed by atoms with van der Waals surface area (Å²) in [7, 11) is 0. The zero-order valence-electron chi connectivity index (χ0n) is 10.2. The van der Waals surface area contributed by atoms with Crippen molar-refractivity contribution < 1.29 is 14.7 Å². The van der Waals surface area contributed by atoms with Crippen LogP contribution in [0.5, 0.6) is 0 Å². The lowest BCUT2D eigenvalue weighted by Gasteiger charge is -2.11. The van der Waals surface area contributed by atoms with Crippen LogP contribution < -0.4 is 11.1 Å². The first-order valence-electron chi connectivity index (χ1n) is 6.06. The first-order valence-corrected chi connectivity index (χ1v) is 6.44. The summed E-state index contributed by atoms with van der Waals surface area (Å²) in [6.07, 6.45) is 2.33. The SMILES string of the molecule is NC1CCC(C(=O)Nc2ccc(C(=O)O)c(Cl)c2)C1. The number of amides is 1. The Bertz CT molecular complexity index is 519. The number of halogens is 1. The van der Waals surface area contributed by atoms with Gasteiger partial charge in [0.1, 0.15) is 0 Å². The maximum atomic E-state index is 12.0. The van der Waals surface area contributed by atoms with Gasteiger partial charge >= 0.3 is 5.97 Å². The zero-order valence-corrected chi connectivity index (χ0v) is 11.0. The highest BCUT2D eigenvalue weighted by atomic mass is 35.5. The number of carboxylic acid groups (broad SMARTS) is 1. The van der Waals surface area contributed by atoms with Crippen LogP contribution >= 0.6 is 11.6 Å². The Morgan fingerprint density at radius 2 is 2.11 bits per heavy atom. The summed E-state index contributed by atoms with van der Waals surface area (Å²) >= 11 is 5.84. The molecule has 0 aromatic heterocycles. The van der Waals surface area contributed by atoms with Gasteiger partial charge in [0.15, 0.2) is 0 Å². The van der Waals surface area contributed by atoms with Crippen molar-refractivity contribution in [3.63, 3.8) is 0 Å². The third-order valence-corrected chi connectivity index (χ3v) is 3.62. The molecule has 5 nitrogen and oxygen atoms in total. The standard InChI is InChI=1S/C13H15ClN2O3/c14-11-6-9(3-4-10(11)13(18)19)16-12(17)7-1-2-8(15)5-7/h3-4,6-8H,1-2,5,15H2,(H,16,17)(H,18,19). The molecule has 1 aromatic rings. The molecule has 1 aromatic carbocycles. The second kappa shape index (κ2) is 5.59. The van der Waals surface area contributed by atoms with E-state index in [1.165, 1.54) is 18.2 Å². The van der Waals surface area contributed by atoms with Gasteiger partial charge in [-0.3, -0.25) is 4.79 Å². The van der Waals surface area contributed by atoms with E-state index in [1.54, 1.807) is 0 Å². The van der Waals surface area contributed by atoms with Crippen molar-refractivity contribution in [3.05, 3.63) is 28.8 Å². The minimum atomic E-state index is -1.09. The van der Waals surface area contributed by atoms with E-state index in [4.69, 9.17) is 22.4 Å². The molecule has 1 aliphatic carbocycles. The molecule has 102 valence electrons. The molecule has 6 heteroatoms. The molecular formula is C13H15ClN2O3. The summed E-state index contributed by atoms with van der Waals surface area (Å²) in [5.41, 5.74) is 6.28. The van der Waals surface area contributed by atoms with Gasteiger partial charge in [-0.1, -0.05) is 11.6 Å². The van der Waals surface area contributed by atoms with Crippen LogP contribution in [0.25, 0.3) is 0 Å². The number of aromatic carboxylic acids is 1. The lowest BCUT2D eigenvalue weighted by Crippen LogP contribution is -2.23. The third-order valence-electron chi connectivity index (χ3n) is 3.31. The van der Waals surface area contributed by atoms with Crippen LogP contribution in [0, 0.1) is 5.92 Å². The second-order valence-electron chi connectivity index (χ2n) is 4.76. The fraction of sp³-hybridized carbons (Fsp3) is 0.385. The first-order chi connectivity index (χ1) is 8.97. The average molecular weight is 283 g/mol. The molecule has 2 unspecified atom stereocenters. The number of rotatable bonds is 3. The highest BCUT2D eigenvalue weighted by Gasteiger charge is 2.27. The van der Waals surface area contributed by atoms with Crippen molar-refractivity contribution in [1.29, 1.82) is 0 Å². The summed E-state index contributed by atoms with van der Waals surface area (Å²) < 4.78 is 0.